The predicted molar refractivity (Wildman–Crippen MR) is 171 cm³/mol. The zero-order valence-electron chi connectivity index (χ0n) is 27.6. The molecule has 1 N–H and O–H groups in total. The number of ether oxygens (including phenoxy) is 6. The van der Waals surface area contributed by atoms with Gasteiger partial charge in [-0.15, -0.1) is 0 Å². The van der Waals surface area contributed by atoms with Gasteiger partial charge in [0, 0.05) is 19.4 Å². The number of unbranched alkanes of at least 4 members (excludes halogenated alkanes) is 16. The maximum Gasteiger partial charge on any atom is 0.305 e. The molecule has 256 valence electrons. The number of rotatable bonds is 37. The number of esters is 1. The third-order valence-electron chi connectivity index (χ3n) is 7.14. The molecule has 0 aromatic rings. The highest BCUT2D eigenvalue weighted by molar-refractivity contribution is 5.69. The van der Waals surface area contributed by atoms with Gasteiger partial charge in [-0.2, -0.15) is 0 Å². The van der Waals surface area contributed by atoms with E-state index in [9.17, 15) is 9.59 Å². The number of hydrogen-bond acceptors (Lipinski definition) is 8. The summed E-state index contributed by atoms with van der Waals surface area (Å²) < 4.78 is 32.5. The van der Waals surface area contributed by atoms with E-state index in [0.29, 0.717) is 72.3 Å². The van der Waals surface area contributed by atoms with Gasteiger partial charge in [-0.1, -0.05) is 103 Å². The summed E-state index contributed by atoms with van der Waals surface area (Å²) in [5.74, 6) is -1.18. The molecule has 0 radical (unpaired) electrons. The first-order chi connectivity index (χ1) is 21.2. The van der Waals surface area contributed by atoms with E-state index in [1.807, 2.05) is 0 Å². The number of carbonyl (C=O) groups is 2. The Morgan fingerprint density at radius 2 is 0.721 bits per heavy atom. The normalized spacial score (nSPS) is 11.3. The van der Waals surface area contributed by atoms with Crippen molar-refractivity contribution in [2.24, 2.45) is 0 Å². The Balaban J connectivity index is 3.09. The van der Waals surface area contributed by atoms with Gasteiger partial charge in [-0.25, -0.2) is 0 Å². The molecule has 0 unspecified atom stereocenters. The second-order valence-corrected chi connectivity index (χ2v) is 11.2. The Labute approximate surface area is 263 Å². The van der Waals surface area contributed by atoms with Crippen LogP contribution in [0.4, 0.5) is 0 Å². The molecule has 0 aliphatic rings. The summed E-state index contributed by atoms with van der Waals surface area (Å²) in [7, 11) is 0. The van der Waals surface area contributed by atoms with E-state index < -0.39 is 5.97 Å². The van der Waals surface area contributed by atoms with Crippen LogP contribution < -0.4 is 0 Å². The maximum atomic E-state index is 11.5. The SMILES string of the molecule is CCCCCCCCCCCCCCCCCCOCCOCCOCCOCCOCCOC(=O)CCCCC(=O)O. The molecule has 0 heterocycles. The zero-order chi connectivity index (χ0) is 31.3. The van der Waals surface area contributed by atoms with Crippen LogP contribution in [0.1, 0.15) is 135 Å². The Hall–Kier alpha value is -1.26. The highest BCUT2D eigenvalue weighted by atomic mass is 16.6. The summed E-state index contributed by atoms with van der Waals surface area (Å²) in [6.07, 6.45) is 23.4. The van der Waals surface area contributed by atoms with Gasteiger partial charge >= 0.3 is 11.9 Å². The number of carboxylic acids is 1. The third kappa shape index (κ3) is 38.7. The number of carbonyl (C=O) groups excluding carboxylic acids is 1. The Kier molecular flexibility index (Phi) is 35.8. The van der Waals surface area contributed by atoms with Crippen LogP contribution in [0.25, 0.3) is 0 Å². The molecule has 9 nitrogen and oxygen atoms in total. The lowest BCUT2D eigenvalue weighted by molar-refractivity contribution is -0.146. The van der Waals surface area contributed by atoms with Gasteiger partial charge in [0.15, 0.2) is 0 Å². The summed E-state index contributed by atoms with van der Waals surface area (Å²) in [6.45, 7) is 7.74. The van der Waals surface area contributed by atoms with Crippen molar-refractivity contribution in [1.82, 2.24) is 0 Å². The standard InChI is InChI=1S/C34H66O9/c1-2-3-4-5-6-7-8-9-10-11-12-13-14-15-16-19-22-38-23-24-39-25-26-40-27-28-41-29-30-42-31-32-43-34(37)21-18-17-20-33(35)36/h2-32H2,1H3,(H,35,36). The maximum absolute atomic E-state index is 11.5. The van der Waals surface area contributed by atoms with Gasteiger partial charge in [-0.3, -0.25) is 9.59 Å². The van der Waals surface area contributed by atoms with Crippen LogP contribution in [-0.2, 0) is 38.0 Å². The van der Waals surface area contributed by atoms with Crippen LogP contribution in [0.3, 0.4) is 0 Å². The van der Waals surface area contributed by atoms with Gasteiger partial charge in [-0.05, 0) is 19.3 Å². The molecule has 0 amide bonds. The lowest BCUT2D eigenvalue weighted by Crippen LogP contribution is -2.15. The minimum atomic E-state index is -0.851. The lowest BCUT2D eigenvalue weighted by Gasteiger charge is -2.08. The molecule has 0 aliphatic heterocycles. The first kappa shape index (κ1) is 41.7. The summed E-state index contributed by atoms with van der Waals surface area (Å²) >= 11 is 0. The Morgan fingerprint density at radius 1 is 0.395 bits per heavy atom. The van der Waals surface area contributed by atoms with Crippen molar-refractivity contribution in [2.45, 2.75) is 135 Å². The van der Waals surface area contributed by atoms with Crippen molar-refractivity contribution in [3.63, 3.8) is 0 Å². The Bertz CT molecular complexity index is 574. The van der Waals surface area contributed by atoms with Crippen LogP contribution in [0.15, 0.2) is 0 Å². The molecule has 9 heteroatoms. The highest BCUT2D eigenvalue weighted by Gasteiger charge is 2.04. The molecule has 0 aromatic carbocycles. The van der Waals surface area contributed by atoms with Crippen LogP contribution >= 0.6 is 0 Å². The molecule has 43 heavy (non-hydrogen) atoms. The summed E-state index contributed by atoms with van der Waals surface area (Å²) in [5, 5.41) is 8.55. The molecule has 0 saturated heterocycles. The molecule has 0 fully saturated rings. The van der Waals surface area contributed by atoms with Crippen molar-refractivity contribution in [1.29, 1.82) is 0 Å². The van der Waals surface area contributed by atoms with Crippen LogP contribution in [0.5, 0.6) is 0 Å². The smallest absolute Gasteiger partial charge is 0.305 e. The van der Waals surface area contributed by atoms with Crippen molar-refractivity contribution in [2.75, 3.05) is 72.7 Å². The van der Waals surface area contributed by atoms with Crippen molar-refractivity contribution >= 4 is 11.9 Å². The van der Waals surface area contributed by atoms with E-state index in [4.69, 9.17) is 33.5 Å². The highest BCUT2D eigenvalue weighted by Crippen LogP contribution is 2.13. The van der Waals surface area contributed by atoms with E-state index in [1.165, 1.54) is 96.3 Å². The summed E-state index contributed by atoms with van der Waals surface area (Å²) in [6, 6.07) is 0. The molecule has 0 aromatic heterocycles. The minimum Gasteiger partial charge on any atom is -0.481 e. The zero-order valence-corrected chi connectivity index (χ0v) is 27.6. The first-order valence-corrected chi connectivity index (χ1v) is 17.4. The largest absolute Gasteiger partial charge is 0.481 e. The monoisotopic (exact) mass is 618 g/mol. The van der Waals surface area contributed by atoms with Crippen LogP contribution in [-0.4, -0.2) is 89.7 Å². The van der Waals surface area contributed by atoms with E-state index in [-0.39, 0.29) is 25.4 Å². The molecular formula is C34H66O9. The fourth-order valence-electron chi connectivity index (χ4n) is 4.57. The molecule has 0 atom stereocenters. The lowest BCUT2D eigenvalue weighted by atomic mass is 10.0. The minimum absolute atomic E-state index is 0.0737. The quantitative estimate of drug-likeness (QED) is 0.0558. The molecule has 0 aliphatic carbocycles. The molecular weight excluding hydrogens is 552 g/mol. The fourth-order valence-corrected chi connectivity index (χ4v) is 4.57. The van der Waals surface area contributed by atoms with E-state index in [0.717, 1.165) is 13.0 Å². The van der Waals surface area contributed by atoms with Crippen LogP contribution in [0.2, 0.25) is 0 Å². The predicted octanol–water partition coefficient (Wildman–Crippen LogP) is 7.52. The third-order valence-corrected chi connectivity index (χ3v) is 7.14. The van der Waals surface area contributed by atoms with Gasteiger partial charge in [0.2, 0.25) is 0 Å². The van der Waals surface area contributed by atoms with Crippen molar-refractivity contribution < 1.29 is 43.1 Å². The number of carboxylic acid groups (broad SMARTS) is 1. The average molecular weight is 619 g/mol. The first-order valence-electron chi connectivity index (χ1n) is 17.4. The summed E-state index contributed by atoms with van der Waals surface area (Å²) in [4.78, 5) is 21.9. The number of aliphatic carboxylic acids is 1. The van der Waals surface area contributed by atoms with Gasteiger partial charge in [0.05, 0.1) is 59.5 Å². The topological polar surface area (TPSA) is 110 Å². The van der Waals surface area contributed by atoms with E-state index in [1.54, 1.807) is 0 Å². The van der Waals surface area contributed by atoms with E-state index >= 15 is 0 Å². The second kappa shape index (κ2) is 36.9. The van der Waals surface area contributed by atoms with E-state index in [2.05, 4.69) is 6.92 Å². The van der Waals surface area contributed by atoms with Gasteiger partial charge in [0.25, 0.3) is 0 Å². The van der Waals surface area contributed by atoms with Crippen molar-refractivity contribution in [3.8, 4) is 0 Å². The van der Waals surface area contributed by atoms with Gasteiger partial charge in [0.1, 0.15) is 6.61 Å². The van der Waals surface area contributed by atoms with Crippen LogP contribution in [0, 0.1) is 0 Å². The molecule has 0 saturated carbocycles. The summed E-state index contributed by atoms with van der Waals surface area (Å²) in [5.41, 5.74) is 0. The fraction of sp³-hybridized carbons (Fsp3) is 0.941. The molecule has 0 spiro atoms. The van der Waals surface area contributed by atoms with Crippen molar-refractivity contribution in [3.05, 3.63) is 0 Å². The average Bonchev–Trinajstić information content (AvgIpc) is 2.99. The molecule has 0 rings (SSSR count). The Morgan fingerprint density at radius 3 is 1.12 bits per heavy atom. The second-order valence-electron chi connectivity index (χ2n) is 11.2. The molecule has 0 bridgehead atoms. The van der Waals surface area contributed by atoms with Gasteiger partial charge < -0.3 is 33.5 Å². The number of hydrogen-bond donors (Lipinski definition) is 1.